The first kappa shape index (κ1) is 16.9. The van der Waals surface area contributed by atoms with Gasteiger partial charge in [-0.1, -0.05) is 16.9 Å². The van der Waals surface area contributed by atoms with E-state index < -0.39 is 10.0 Å². The van der Waals surface area contributed by atoms with Gasteiger partial charge in [-0.3, -0.25) is 0 Å². The number of fused-ring (bicyclic) bond motifs is 1. The van der Waals surface area contributed by atoms with E-state index in [0.29, 0.717) is 22.8 Å². The largest absolute Gasteiger partial charge is 0.461 e. The van der Waals surface area contributed by atoms with Crippen molar-refractivity contribution in [3.8, 4) is 11.5 Å². The Morgan fingerprint density at radius 1 is 1.23 bits per heavy atom. The summed E-state index contributed by atoms with van der Waals surface area (Å²) in [6.45, 7) is 0. The summed E-state index contributed by atoms with van der Waals surface area (Å²) in [4.78, 5) is 4.53. The van der Waals surface area contributed by atoms with Crippen molar-refractivity contribution in [1.82, 2.24) is 14.7 Å². The molecule has 0 radical (unpaired) electrons. The average molecular weight is 390 g/mol. The zero-order valence-electron chi connectivity index (χ0n) is 13.6. The van der Waals surface area contributed by atoms with Gasteiger partial charge >= 0.3 is 0 Å². The molecule has 0 saturated heterocycles. The zero-order chi connectivity index (χ0) is 18.3. The Bertz CT molecular complexity index is 1180. The molecule has 4 rings (SSSR count). The monoisotopic (exact) mass is 390 g/mol. The molecular formula is C16H14N4O4S2. The second kappa shape index (κ2) is 6.31. The lowest BCUT2D eigenvalue weighted by Crippen LogP contribution is -2.11. The summed E-state index contributed by atoms with van der Waals surface area (Å²) in [7, 11) is -1.89. The molecule has 0 spiro atoms. The number of sulfonamides is 1. The van der Waals surface area contributed by atoms with E-state index in [1.807, 2.05) is 17.7 Å². The van der Waals surface area contributed by atoms with Gasteiger partial charge in [0.1, 0.15) is 0 Å². The molecule has 0 aliphatic rings. The number of nitrogens with two attached hydrogens (primary N) is 1. The van der Waals surface area contributed by atoms with Crippen molar-refractivity contribution >= 4 is 32.8 Å². The predicted molar refractivity (Wildman–Crippen MR) is 95.9 cm³/mol. The molecule has 8 nitrogen and oxygen atoms in total. The first-order chi connectivity index (χ1) is 12.4. The Hall–Kier alpha value is -2.56. The van der Waals surface area contributed by atoms with Gasteiger partial charge < -0.3 is 13.5 Å². The number of primary sulfonamides is 1. The lowest BCUT2D eigenvalue weighted by atomic mass is 10.3. The van der Waals surface area contributed by atoms with Gasteiger partial charge in [0.15, 0.2) is 10.9 Å². The normalized spacial score (nSPS) is 12.1. The minimum absolute atomic E-state index is 0.0410. The Morgan fingerprint density at radius 3 is 2.81 bits per heavy atom. The van der Waals surface area contributed by atoms with Gasteiger partial charge in [-0.2, -0.15) is 0 Å². The number of thioether (sulfide) groups is 1. The molecule has 2 N–H and O–H groups in total. The standard InChI is InChI=1S/C16H14N4O4S2/c1-20-13-5-4-11(26(17,21)22)8-12(13)18-16(20)25-9-10-7-15(24-19-10)14-3-2-6-23-14/h2-8H,9H2,1H3,(H2,17,21,22). The fraction of sp³-hybridized carbons (Fsp3) is 0.125. The van der Waals surface area contributed by atoms with E-state index in [1.165, 1.54) is 23.9 Å². The van der Waals surface area contributed by atoms with Crippen LogP contribution in [0.3, 0.4) is 0 Å². The van der Waals surface area contributed by atoms with Gasteiger partial charge in [0.25, 0.3) is 0 Å². The Kier molecular flexibility index (Phi) is 4.10. The number of hydrogen-bond acceptors (Lipinski definition) is 7. The molecule has 0 saturated carbocycles. The summed E-state index contributed by atoms with van der Waals surface area (Å²) < 4.78 is 35.4. The summed E-state index contributed by atoms with van der Waals surface area (Å²) in [6, 6.07) is 10.0. The highest BCUT2D eigenvalue weighted by Crippen LogP contribution is 2.28. The molecule has 1 aromatic carbocycles. The first-order valence-corrected chi connectivity index (χ1v) is 10.1. The van der Waals surface area contributed by atoms with Crippen LogP contribution in [0.15, 0.2) is 61.7 Å². The minimum atomic E-state index is -3.76. The van der Waals surface area contributed by atoms with Crippen LogP contribution in [0.2, 0.25) is 0 Å². The van der Waals surface area contributed by atoms with E-state index in [-0.39, 0.29) is 4.90 Å². The maximum absolute atomic E-state index is 11.5. The van der Waals surface area contributed by atoms with Crippen LogP contribution in [0.4, 0.5) is 0 Å². The second-order valence-electron chi connectivity index (χ2n) is 5.60. The maximum atomic E-state index is 11.5. The second-order valence-corrected chi connectivity index (χ2v) is 8.10. The minimum Gasteiger partial charge on any atom is -0.461 e. The number of aryl methyl sites for hydroxylation is 1. The summed E-state index contributed by atoms with van der Waals surface area (Å²) in [5.41, 5.74) is 2.13. The van der Waals surface area contributed by atoms with Crippen molar-refractivity contribution in [1.29, 1.82) is 0 Å². The summed E-state index contributed by atoms with van der Waals surface area (Å²) in [5, 5.41) is 9.94. The van der Waals surface area contributed by atoms with Crippen molar-refractivity contribution < 1.29 is 17.4 Å². The van der Waals surface area contributed by atoms with Crippen LogP contribution in [0, 0.1) is 0 Å². The third-order valence-electron chi connectivity index (χ3n) is 3.81. The van der Waals surface area contributed by atoms with Crippen molar-refractivity contribution in [2.24, 2.45) is 12.2 Å². The van der Waals surface area contributed by atoms with E-state index in [4.69, 9.17) is 14.1 Å². The topological polar surface area (TPSA) is 117 Å². The van der Waals surface area contributed by atoms with Crippen molar-refractivity contribution in [3.63, 3.8) is 0 Å². The maximum Gasteiger partial charge on any atom is 0.238 e. The van der Waals surface area contributed by atoms with Crippen LogP contribution in [-0.4, -0.2) is 23.1 Å². The molecular weight excluding hydrogens is 376 g/mol. The zero-order valence-corrected chi connectivity index (χ0v) is 15.3. The van der Waals surface area contributed by atoms with Crippen LogP contribution in [0.25, 0.3) is 22.6 Å². The molecule has 0 amide bonds. The molecule has 0 fully saturated rings. The average Bonchev–Trinajstić information content (AvgIpc) is 3.32. The summed E-state index contributed by atoms with van der Waals surface area (Å²) in [6.07, 6.45) is 1.57. The summed E-state index contributed by atoms with van der Waals surface area (Å²) in [5.74, 6) is 1.73. The first-order valence-electron chi connectivity index (χ1n) is 7.53. The van der Waals surface area contributed by atoms with Crippen LogP contribution in [0.1, 0.15) is 5.69 Å². The molecule has 3 aromatic heterocycles. The van der Waals surface area contributed by atoms with Gasteiger partial charge in [-0.25, -0.2) is 18.5 Å². The van der Waals surface area contributed by atoms with E-state index in [0.717, 1.165) is 16.4 Å². The number of hydrogen-bond donors (Lipinski definition) is 1. The summed E-state index contributed by atoms with van der Waals surface area (Å²) >= 11 is 1.47. The van der Waals surface area contributed by atoms with Gasteiger partial charge in [-0.15, -0.1) is 0 Å². The number of imidazole rings is 1. The number of nitrogens with zero attached hydrogens (tertiary/aromatic N) is 3. The molecule has 0 atom stereocenters. The lowest BCUT2D eigenvalue weighted by molar-refractivity contribution is 0.413. The highest BCUT2D eigenvalue weighted by Gasteiger charge is 2.15. The third-order valence-corrected chi connectivity index (χ3v) is 5.79. The van der Waals surface area contributed by atoms with Crippen molar-refractivity contribution in [3.05, 3.63) is 48.4 Å². The van der Waals surface area contributed by atoms with Crippen molar-refractivity contribution in [2.75, 3.05) is 0 Å². The molecule has 3 heterocycles. The predicted octanol–water partition coefficient (Wildman–Crippen LogP) is 2.76. The SMILES string of the molecule is Cn1c(SCc2cc(-c3ccco3)on2)nc2cc(S(N)(=O)=O)ccc21. The van der Waals surface area contributed by atoms with Gasteiger partial charge in [0, 0.05) is 18.9 Å². The quantitative estimate of drug-likeness (QED) is 0.521. The Balaban J connectivity index is 1.57. The highest BCUT2D eigenvalue weighted by atomic mass is 32.2. The molecule has 10 heteroatoms. The van der Waals surface area contributed by atoms with E-state index in [2.05, 4.69) is 10.1 Å². The number of furan rings is 1. The lowest BCUT2D eigenvalue weighted by Gasteiger charge is -2.00. The van der Waals surface area contributed by atoms with Gasteiger partial charge in [0.05, 0.1) is 27.9 Å². The Labute approximate surface area is 153 Å². The fourth-order valence-electron chi connectivity index (χ4n) is 2.52. The van der Waals surface area contributed by atoms with Gasteiger partial charge in [-0.05, 0) is 30.3 Å². The molecule has 0 aliphatic carbocycles. The third kappa shape index (κ3) is 3.14. The molecule has 26 heavy (non-hydrogen) atoms. The number of rotatable bonds is 5. The van der Waals surface area contributed by atoms with Crippen LogP contribution >= 0.6 is 11.8 Å². The van der Waals surface area contributed by atoms with E-state index in [9.17, 15) is 8.42 Å². The molecule has 0 aliphatic heterocycles. The fourth-order valence-corrected chi connectivity index (χ4v) is 3.92. The van der Waals surface area contributed by atoms with Crippen LogP contribution in [-0.2, 0) is 22.8 Å². The van der Waals surface area contributed by atoms with Gasteiger partial charge in [0.2, 0.25) is 15.8 Å². The molecule has 0 bridgehead atoms. The molecule has 0 unspecified atom stereocenters. The molecule has 134 valence electrons. The van der Waals surface area contributed by atoms with E-state index >= 15 is 0 Å². The smallest absolute Gasteiger partial charge is 0.238 e. The van der Waals surface area contributed by atoms with Crippen molar-refractivity contribution in [2.45, 2.75) is 15.8 Å². The highest BCUT2D eigenvalue weighted by molar-refractivity contribution is 7.98. The molecule has 4 aromatic rings. The van der Waals surface area contributed by atoms with E-state index in [1.54, 1.807) is 24.5 Å². The van der Waals surface area contributed by atoms with Crippen LogP contribution in [0.5, 0.6) is 0 Å². The number of aromatic nitrogens is 3. The number of benzene rings is 1. The van der Waals surface area contributed by atoms with Crippen LogP contribution < -0.4 is 5.14 Å². The Morgan fingerprint density at radius 2 is 2.08 bits per heavy atom.